The Bertz CT molecular complexity index is 302. The summed E-state index contributed by atoms with van der Waals surface area (Å²) in [5.74, 6) is -2.23. The van der Waals surface area contributed by atoms with Gasteiger partial charge < -0.3 is 9.84 Å². The smallest absolute Gasteiger partial charge is 0.422 e. The Balaban J connectivity index is 4.77. The van der Waals surface area contributed by atoms with Crippen LogP contribution < -0.4 is 5.32 Å². The van der Waals surface area contributed by atoms with Gasteiger partial charge in [0.2, 0.25) is 5.54 Å². The number of halogens is 3. The quantitative estimate of drug-likeness (QED) is 0.727. The largest absolute Gasteiger partial charge is 0.479 e. The van der Waals surface area contributed by atoms with Gasteiger partial charge in [-0.1, -0.05) is 12.7 Å². The molecule has 0 saturated heterocycles. The summed E-state index contributed by atoms with van der Waals surface area (Å²) in [5.41, 5.74) is -3.38. The van der Waals surface area contributed by atoms with Crippen LogP contribution >= 0.6 is 0 Å². The molecule has 0 rings (SSSR count). The molecule has 0 saturated carbocycles. The molecule has 0 fully saturated rings. The third-order valence-corrected chi connectivity index (χ3v) is 1.68. The van der Waals surface area contributed by atoms with Crippen LogP contribution in [0.2, 0.25) is 0 Å². The number of carbonyl (C=O) groups is 2. The normalized spacial score (nSPS) is 14.8. The second-order valence-electron chi connectivity index (χ2n) is 2.94. The Hall–Kier alpha value is -1.73. The van der Waals surface area contributed by atoms with Gasteiger partial charge in [0.25, 0.3) is 0 Å². The molecule has 0 aliphatic heterocycles. The summed E-state index contributed by atoms with van der Waals surface area (Å²) in [5, 5.41) is 9.67. The van der Waals surface area contributed by atoms with Crippen LogP contribution in [-0.4, -0.2) is 35.5 Å². The van der Waals surface area contributed by atoms with Crippen LogP contribution in [0.25, 0.3) is 0 Å². The average Bonchev–Trinajstić information content (AvgIpc) is 2.12. The Morgan fingerprint density at radius 2 is 2.00 bits per heavy atom. The van der Waals surface area contributed by atoms with Crippen molar-refractivity contribution in [3.63, 3.8) is 0 Å². The lowest BCUT2D eigenvalue weighted by molar-refractivity contribution is -0.204. The van der Waals surface area contributed by atoms with Crippen LogP contribution in [0, 0.1) is 0 Å². The van der Waals surface area contributed by atoms with Gasteiger partial charge in [0.15, 0.2) is 0 Å². The van der Waals surface area contributed by atoms with Crippen molar-refractivity contribution in [2.75, 3.05) is 6.61 Å². The molecule has 0 spiro atoms. The highest BCUT2D eigenvalue weighted by Crippen LogP contribution is 2.30. The van der Waals surface area contributed by atoms with E-state index in [0.29, 0.717) is 6.92 Å². The van der Waals surface area contributed by atoms with Crippen molar-refractivity contribution in [2.24, 2.45) is 0 Å². The van der Waals surface area contributed by atoms with Crippen LogP contribution in [0.15, 0.2) is 12.7 Å². The molecule has 0 aliphatic rings. The highest BCUT2D eigenvalue weighted by atomic mass is 19.4. The lowest BCUT2D eigenvalue weighted by atomic mass is 10.0. The van der Waals surface area contributed by atoms with Crippen molar-refractivity contribution < 1.29 is 32.6 Å². The molecular weight excluding hydrogens is 231 g/mol. The fraction of sp³-hybridized carbons (Fsp3) is 0.500. The summed E-state index contributed by atoms with van der Waals surface area (Å²) in [6, 6.07) is 0. The first-order valence-corrected chi connectivity index (χ1v) is 4.01. The molecule has 16 heavy (non-hydrogen) atoms. The lowest BCUT2D eigenvalue weighted by Crippen LogP contribution is -2.62. The van der Waals surface area contributed by atoms with Crippen molar-refractivity contribution in [1.82, 2.24) is 5.32 Å². The van der Waals surface area contributed by atoms with Gasteiger partial charge in [-0.25, -0.2) is 9.59 Å². The number of hydrogen-bond donors (Lipinski definition) is 2. The molecule has 0 aromatic carbocycles. The monoisotopic (exact) mass is 241 g/mol. The number of hydrogen-bond acceptors (Lipinski definition) is 3. The first-order valence-electron chi connectivity index (χ1n) is 4.01. The number of carboxylic acids is 1. The Morgan fingerprint density at radius 3 is 2.31 bits per heavy atom. The predicted molar refractivity (Wildman–Crippen MR) is 46.8 cm³/mol. The van der Waals surface area contributed by atoms with Gasteiger partial charge in [-0.3, -0.25) is 5.32 Å². The second-order valence-corrected chi connectivity index (χ2v) is 2.94. The third-order valence-electron chi connectivity index (χ3n) is 1.68. The molecule has 1 atom stereocenters. The van der Waals surface area contributed by atoms with E-state index < -0.39 is 23.8 Å². The van der Waals surface area contributed by atoms with Gasteiger partial charge in [-0.05, 0) is 6.92 Å². The summed E-state index contributed by atoms with van der Waals surface area (Å²) in [7, 11) is 0. The Labute approximate surface area is 88.9 Å². The van der Waals surface area contributed by atoms with E-state index in [1.54, 1.807) is 0 Å². The molecule has 0 aromatic rings. The zero-order valence-electron chi connectivity index (χ0n) is 8.30. The fourth-order valence-electron chi connectivity index (χ4n) is 0.620. The standard InChI is InChI=1S/C8H10F3NO4/c1-3-4-16-6(15)12-7(2,5(13)14)8(9,10)11/h3H,1,4H2,2H3,(H,12,15)(H,13,14)/t7-/m0/s1. The van der Waals surface area contributed by atoms with Gasteiger partial charge in [0, 0.05) is 0 Å². The Morgan fingerprint density at radius 1 is 1.50 bits per heavy atom. The van der Waals surface area contributed by atoms with E-state index in [9.17, 15) is 22.8 Å². The summed E-state index contributed by atoms with van der Waals surface area (Å²) in [6.07, 6.45) is -5.49. The molecule has 0 radical (unpaired) electrons. The second kappa shape index (κ2) is 4.86. The summed E-state index contributed by atoms with van der Waals surface area (Å²) in [4.78, 5) is 21.3. The first-order chi connectivity index (χ1) is 7.15. The fourth-order valence-corrected chi connectivity index (χ4v) is 0.620. The molecule has 2 N–H and O–H groups in total. The molecule has 0 unspecified atom stereocenters. The van der Waals surface area contributed by atoms with Gasteiger partial charge in [-0.2, -0.15) is 13.2 Å². The highest BCUT2D eigenvalue weighted by Gasteiger charge is 2.58. The van der Waals surface area contributed by atoms with Crippen molar-refractivity contribution in [3.8, 4) is 0 Å². The van der Waals surface area contributed by atoms with E-state index in [-0.39, 0.29) is 6.61 Å². The minimum absolute atomic E-state index is 0.320. The SMILES string of the molecule is C=CCOC(=O)N[C@@](C)(C(=O)O)C(F)(F)F. The van der Waals surface area contributed by atoms with Crippen molar-refractivity contribution in [3.05, 3.63) is 12.7 Å². The molecule has 8 heteroatoms. The molecule has 92 valence electrons. The molecule has 0 aliphatic carbocycles. The first kappa shape index (κ1) is 14.3. The number of carboxylic acid groups (broad SMARTS) is 1. The predicted octanol–water partition coefficient (Wildman–Crippen LogP) is 1.30. The molecule has 0 aromatic heterocycles. The summed E-state index contributed by atoms with van der Waals surface area (Å²) < 4.78 is 41.3. The van der Waals surface area contributed by atoms with Crippen molar-refractivity contribution in [2.45, 2.75) is 18.6 Å². The van der Waals surface area contributed by atoms with Crippen LogP contribution in [0.5, 0.6) is 0 Å². The van der Waals surface area contributed by atoms with Crippen LogP contribution in [-0.2, 0) is 9.53 Å². The number of alkyl halides is 3. The number of alkyl carbamates (subject to hydrolysis) is 1. The lowest BCUT2D eigenvalue weighted by Gasteiger charge is -2.27. The van der Waals surface area contributed by atoms with Gasteiger partial charge >= 0.3 is 18.2 Å². The van der Waals surface area contributed by atoms with Crippen LogP contribution in [0.1, 0.15) is 6.92 Å². The van der Waals surface area contributed by atoms with E-state index >= 15 is 0 Å². The number of rotatable bonds is 4. The van der Waals surface area contributed by atoms with E-state index in [1.165, 1.54) is 5.32 Å². The van der Waals surface area contributed by atoms with Crippen LogP contribution in [0.4, 0.5) is 18.0 Å². The van der Waals surface area contributed by atoms with Gasteiger partial charge in [-0.15, -0.1) is 0 Å². The zero-order valence-corrected chi connectivity index (χ0v) is 8.30. The third kappa shape index (κ3) is 3.14. The van der Waals surface area contributed by atoms with E-state index in [2.05, 4.69) is 11.3 Å². The number of carbonyl (C=O) groups excluding carboxylic acids is 1. The minimum atomic E-state index is -5.13. The molecule has 0 heterocycles. The summed E-state index contributed by atoms with van der Waals surface area (Å²) >= 11 is 0. The molecule has 1 amide bonds. The maximum atomic E-state index is 12.4. The topological polar surface area (TPSA) is 75.6 Å². The maximum Gasteiger partial charge on any atom is 0.422 e. The van der Waals surface area contributed by atoms with Gasteiger partial charge in [0.05, 0.1) is 0 Å². The van der Waals surface area contributed by atoms with Crippen molar-refractivity contribution >= 4 is 12.1 Å². The maximum absolute atomic E-state index is 12.4. The van der Waals surface area contributed by atoms with Gasteiger partial charge in [0.1, 0.15) is 6.61 Å². The zero-order chi connectivity index (χ0) is 13.0. The number of ether oxygens (including phenoxy) is 1. The molecule has 5 nitrogen and oxygen atoms in total. The van der Waals surface area contributed by atoms with E-state index in [0.717, 1.165) is 6.08 Å². The number of nitrogens with one attached hydrogen (secondary N) is 1. The van der Waals surface area contributed by atoms with E-state index in [4.69, 9.17) is 5.11 Å². The highest BCUT2D eigenvalue weighted by molar-refractivity contribution is 5.84. The van der Waals surface area contributed by atoms with E-state index in [1.807, 2.05) is 0 Å². The van der Waals surface area contributed by atoms with Crippen molar-refractivity contribution in [1.29, 1.82) is 0 Å². The summed E-state index contributed by atoms with van der Waals surface area (Å²) in [6.45, 7) is 3.17. The number of amides is 1. The number of aliphatic carboxylic acids is 1. The average molecular weight is 241 g/mol. The molecule has 0 bridgehead atoms. The minimum Gasteiger partial charge on any atom is -0.479 e. The van der Waals surface area contributed by atoms with Crippen LogP contribution in [0.3, 0.4) is 0 Å². The Kier molecular flexibility index (Phi) is 4.34. The molecular formula is C8H10F3NO4.